The summed E-state index contributed by atoms with van der Waals surface area (Å²) in [5.41, 5.74) is 2.43. The number of carbonyl (C=O) groups excluding carboxylic acids is 1. The van der Waals surface area contributed by atoms with Crippen molar-refractivity contribution in [2.45, 2.75) is 25.9 Å². The van der Waals surface area contributed by atoms with Gasteiger partial charge in [-0.3, -0.25) is 4.79 Å². The van der Waals surface area contributed by atoms with Crippen LogP contribution in [0.1, 0.15) is 41.1 Å². The van der Waals surface area contributed by atoms with Crippen LogP contribution in [0.2, 0.25) is 5.02 Å². The highest BCUT2D eigenvalue weighted by Gasteiger charge is 2.27. The van der Waals surface area contributed by atoms with Gasteiger partial charge in [0.05, 0.1) is 24.4 Å². The fourth-order valence-corrected chi connectivity index (χ4v) is 2.98. The summed E-state index contributed by atoms with van der Waals surface area (Å²) < 4.78 is 5.83. The minimum atomic E-state index is -0.140. The van der Waals surface area contributed by atoms with Crippen molar-refractivity contribution < 1.29 is 9.53 Å². The number of morpholine rings is 1. The van der Waals surface area contributed by atoms with E-state index in [2.05, 4.69) is 16.9 Å². The van der Waals surface area contributed by atoms with Crippen LogP contribution in [0.15, 0.2) is 36.8 Å². The third-order valence-electron chi connectivity index (χ3n) is 4.11. The number of aryl methyl sites for hydroxylation is 1. The van der Waals surface area contributed by atoms with E-state index in [9.17, 15) is 4.79 Å². The van der Waals surface area contributed by atoms with E-state index in [1.54, 1.807) is 6.20 Å². The summed E-state index contributed by atoms with van der Waals surface area (Å²) >= 11 is 5.94. The number of carbonyl (C=O) groups is 1. The average Bonchev–Trinajstić information content (AvgIpc) is 2.63. The molecule has 1 atom stereocenters. The second-order valence-corrected chi connectivity index (χ2v) is 6.23. The third-order valence-corrected chi connectivity index (χ3v) is 4.36. The molecule has 5 nitrogen and oxygen atoms in total. The van der Waals surface area contributed by atoms with Gasteiger partial charge in [0.2, 0.25) is 0 Å². The Morgan fingerprint density at radius 3 is 2.92 bits per heavy atom. The van der Waals surface area contributed by atoms with Crippen LogP contribution in [0.25, 0.3) is 0 Å². The molecule has 0 aliphatic carbocycles. The Balaban J connectivity index is 1.77. The molecule has 1 aliphatic heterocycles. The smallest absolute Gasteiger partial charge is 0.257 e. The van der Waals surface area contributed by atoms with E-state index in [1.165, 1.54) is 6.33 Å². The first kappa shape index (κ1) is 16.9. The molecule has 2 aromatic rings. The van der Waals surface area contributed by atoms with Crippen molar-refractivity contribution >= 4 is 17.5 Å². The summed E-state index contributed by atoms with van der Waals surface area (Å²) in [5, 5.41) is 0.688. The predicted molar refractivity (Wildman–Crippen MR) is 92.1 cm³/mol. The van der Waals surface area contributed by atoms with Crippen LogP contribution in [-0.2, 0) is 11.2 Å². The van der Waals surface area contributed by atoms with E-state index in [-0.39, 0.29) is 12.0 Å². The lowest BCUT2D eigenvalue weighted by molar-refractivity contribution is -0.0228. The summed E-state index contributed by atoms with van der Waals surface area (Å²) in [5.74, 6) is -0.0266. The number of hydrogen-bond acceptors (Lipinski definition) is 4. The first-order valence-electron chi connectivity index (χ1n) is 8.14. The number of nitrogens with zero attached hydrogens (tertiary/aromatic N) is 3. The van der Waals surface area contributed by atoms with E-state index < -0.39 is 0 Å². The monoisotopic (exact) mass is 345 g/mol. The number of rotatable bonds is 4. The summed E-state index contributed by atoms with van der Waals surface area (Å²) in [6, 6.07) is 7.56. The lowest BCUT2D eigenvalue weighted by Crippen LogP contribution is -2.42. The third kappa shape index (κ3) is 3.74. The molecular formula is C18H20ClN3O2. The number of benzene rings is 1. The van der Waals surface area contributed by atoms with Gasteiger partial charge in [0.15, 0.2) is 0 Å². The second kappa shape index (κ2) is 7.73. The molecule has 1 amide bonds. The lowest BCUT2D eigenvalue weighted by atomic mass is 10.1. The van der Waals surface area contributed by atoms with Crippen molar-refractivity contribution in [2.24, 2.45) is 0 Å². The largest absolute Gasteiger partial charge is 0.370 e. The fourth-order valence-electron chi connectivity index (χ4n) is 2.85. The molecule has 0 bridgehead atoms. The molecule has 1 saturated heterocycles. The maximum Gasteiger partial charge on any atom is 0.257 e. The Morgan fingerprint density at radius 2 is 2.17 bits per heavy atom. The number of amides is 1. The van der Waals surface area contributed by atoms with Crippen LogP contribution in [0.3, 0.4) is 0 Å². The number of aromatic nitrogens is 2. The molecule has 3 rings (SSSR count). The van der Waals surface area contributed by atoms with Gasteiger partial charge in [-0.1, -0.05) is 37.1 Å². The van der Waals surface area contributed by atoms with Crippen LogP contribution < -0.4 is 0 Å². The molecule has 1 unspecified atom stereocenters. The van der Waals surface area contributed by atoms with Gasteiger partial charge >= 0.3 is 0 Å². The van der Waals surface area contributed by atoms with Gasteiger partial charge in [-0.25, -0.2) is 9.97 Å². The summed E-state index contributed by atoms with van der Waals surface area (Å²) in [4.78, 5) is 23.0. The van der Waals surface area contributed by atoms with Crippen molar-refractivity contribution in [3.05, 3.63) is 58.6 Å². The molecular weight excluding hydrogens is 326 g/mol. The van der Waals surface area contributed by atoms with Crippen molar-refractivity contribution in [3.8, 4) is 0 Å². The number of hydrogen-bond donors (Lipinski definition) is 0. The Morgan fingerprint density at radius 1 is 1.38 bits per heavy atom. The first-order chi connectivity index (χ1) is 11.7. The summed E-state index contributed by atoms with van der Waals surface area (Å²) in [6.07, 6.45) is 4.69. The summed E-state index contributed by atoms with van der Waals surface area (Å²) in [6.45, 7) is 3.67. The molecule has 0 N–H and O–H groups in total. The molecule has 6 heteroatoms. The van der Waals surface area contributed by atoms with E-state index in [1.807, 2.05) is 29.2 Å². The van der Waals surface area contributed by atoms with Crippen molar-refractivity contribution in [1.29, 1.82) is 0 Å². The zero-order valence-electron chi connectivity index (χ0n) is 13.6. The molecule has 24 heavy (non-hydrogen) atoms. The normalized spacial score (nSPS) is 17.8. The van der Waals surface area contributed by atoms with Crippen LogP contribution in [0.5, 0.6) is 0 Å². The van der Waals surface area contributed by atoms with Crippen molar-refractivity contribution in [2.75, 3.05) is 19.7 Å². The van der Waals surface area contributed by atoms with Crippen LogP contribution in [0, 0.1) is 0 Å². The molecule has 0 radical (unpaired) electrons. The molecule has 2 heterocycles. The Labute approximate surface area is 146 Å². The van der Waals surface area contributed by atoms with E-state index >= 15 is 0 Å². The van der Waals surface area contributed by atoms with Crippen LogP contribution in [-0.4, -0.2) is 40.5 Å². The van der Waals surface area contributed by atoms with Gasteiger partial charge in [-0.2, -0.15) is 0 Å². The van der Waals surface area contributed by atoms with Crippen molar-refractivity contribution in [3.63, 3.8) is 0 Å². The second-order valence-electron chi connectivity index (χ2n) is 5.80. The van der Waals surface area contributed by atoms with Crippen molar-refractivity contribution in [1.82, 2.24) is 14.9 Å². The Hall–Kier alpha value is -1.98. The zero-order chi connectivity index (χ0) is 16.9. The highest BCUT2D eigenvalue weighted by Crippen LogP contribution is 2.25. The van der Waals surface area contributed by atoms with Gasteiger partial charge in [0.25, 0.3) is 5.91 Å². The van der Waals surface area contributed by atoms with Gasteiger partial charge < -0.3 is 9.64 Å². The minimum absolute atomic E-state index is 0.0266. The topological polar surface area (TPSA) is 55.3 Å². The molecule has 1 fully saturated rings. The fraction of sp³-hybridized carbons (Fsp3) is 0.389. The highest BCUT2D eigenvalue weighted by atomic mass is 35.5. The lowest BCUT2D eigenvalue weighted by Gasteiger charge is -2.33. The Kier molecular flexibility index (Phi) is 5.43. The zero-order valence-corrected chi connectivity index (χ0v) is 14.4. The highest BCUT2D eigenvalue weighted by molar-refractivity contribution is 6.30. The average molecular weight is 346 g/mol. The predicted octanol–water partition coefficient (Wildman–Crippen LogP) is 3.30. The van der Waals surface area contributed by atoms with Crippen LogP contribution in [0.4, 0.5) is 0 Å². The number of ether oxygens (including phenoxy) is 1. The molecule has 1 aromatic carbocycles. The summed E-state index contributed by atoms with van der Waals surface area (Å²) in [7, 11) is 0. The van der Waals surface area contributed by atoms with E-state index in [0.717, 1.165) is 24.1 Å². The molecule has 0 spiro atoms. The minimum Gasteiger partial charge on any atom is -0.370 e. The molecule has 0 saturated carbocycles. The van der Waals surface area contributed by atoms with E-state index in [0.29, 0.717) is 30.3 Å². The van der Waals surface area contributed by atoms with Gasteiger partial charge in [-0.15, -0.1) is 0 Å². The first-order valence-corrected chi connectivity index (χ1v) is 8.52. The SMILES string of the molecule is CCCc1ncncc1C(=O)N1CCOC(c2ccc(Cl)cc2)C1. The van der Waals surface area contributed by atoms with Gasteiger partial charge in [0, 0.05) is 17.8 Å². The van der Waals surface area contributed by atoms with Crippen LogP contribution >= 0.6 is 11.6 Å². The van der Waals surface area contributed by atoms with Gasteiger partial charge in [-0.05, 0) is 24.1 Å². The molecule has 126 valence electrons. The molecule has 1 aliphatic rings. The maximum absolute atomic E-state index is 12.9. The van der Waals surface area contributed by atoms with Gasteiger partial charge in [0.1, 0.15) is 12.4 Å². The maximum atomic E-state index is 12.9. The standard InChI is InChI=1S/C18H20ClN3O2/c1-2-3-16-15(10-20-12-21-16)18(23)22-8-9-24-17(11-22)13-4-6-14(19)7-5-13/h4-7,10,12,17H,2-3,8-9,11H2,1H3. The number of halogens is 1. The quantitative estimate of drug-likeness (QED) is 0.853. The van der Waals surface area contributed by atoms with E-state index in [4.69, 9.17) is 16.3 Å². The Bertz CT molecular complexity index is 706. The molecule has 1 aromatic heterocycles.